The van der Waals surface area contributed by atoms with Crippen molar-refractivity contribution in [1.82, 2.24) is 15.2 Å². The second kappa shape index (κ2) is 9.04. The van der Waals surface area contributed by atoms with Crippen LogP contribution in [0.2, 0.25) is 0 Å². The van der Waals surface area contributed by atoms with Gasteiger partial charge in [0.15, 0.2) is 0 Å². The molecular formula is C22H20FN3O3S. The quantitative estimate of drug-likeness (QED) is 0.648. The third kappa shape index (κ3) is 4.65. The van der Waals surface area contributed by atoms with Gasteiger partial charge in [0.25, 0.3) is 5.91 Å². The van der Waals surface area contributed by atoms with Gasteiger partial charge in [-0.05, 0) is 54.1 Å². The lowest BCUT2D eigenvalue weighted by atomic mass is 10.2. The number of thiophene rings is 1. The van der Waals surface area contributed by atoms with Crippen molar-refractivity contribution >= 4 is 23.2 Å². The largest absolute Gasteiger partial charge is 0.439 e. The molecule has 0 unspecified atom stereocenters. The van der Waals surface area contributed by atoms with Crippen LogP contribution in [-0.2, 0) is 11.3 Å². The molecule has 0 spiro atoms. The number of nitrogens with zero attached hydrogens (tertiary/aromatic N) is 2. The predicted molar refractivity (Wildman–Crippen MR) is 111 cm³/mol. The second-order valence-electron chi connectivity index (χ2n) is 6.91. The van der Waals surface area contributed by atoms with E-state index in [1.54, 1.807) is 29.3 Å². The van der Waals surface area contributed by atoms with Crippen molar-refractivity contribution in [3.63, 3.8) is 0 Å². The van der Waals surface area contributed by atoms with Gasteiger partial charge in [0.2, 0.25) is 11.8 Å². The highest BCUT2D eigenvalue weighted by Crippen LogP contribution is 2.23. The van der Waals surface area contributed by atoms with Crippen LogP contribution >= 0.6 is 11.3 Å². The monoisotopic (exact) mass is 425 g/mol. The van der Waals surface area contributed by atoms with Gasteiger partial charge in [0.1, 0.15) is 17.6 Å². The Morgan fingerprint density at radius 1 is 1.20 bits per heavy atom. The first kappa shape index (κ1) is 20.0. The van der Waals surface area contributed by atoms with E-state index in [1.807, 2.05) is 11.4 Å². The lowest BCUT2D eigenvalue weighted by Crippen LogP contribution is -2.45. The summed E-state index contributed by atoms with van der Waals surface area (Å²) >= 11 is 1.38. The molecule has 3 aromatic rings. The molecule has 0 saturated carbocycles. The topological polar surface area (TPSA) is 71.5 Å². The number of hydrogen-bond acceptors (Lipinski definition) is 5. The van der Waals surface area contributed by atoms with Crippen LogP contribution in [0.5, 0.6) is 11.6 Å². The van der Waals surface area contributed by atoms with Gasteiger partial charge in [0, 0.05) is 25.4 Å². The summed E-state index contributed by atoms with van der Waals surface area (Å²) in [6.07, 6.45) is 3.08. The van der Waals surface area contributed by atoms with Crippen LogP contribution in [0.25, 0.3) is 0 Å². The van der Waals surface area contributed by atoms with E-state index < -0.39 is 6.04 Å². The van der Waals surface area contributed by atoms with E-state index in [0.717, 1.165) is 12.0 Å². The second-order valence-corrected chi connectivity index (χ2v) is 7.86. The fourth-order valence-electron chi connectivity index (χ4n) is 3.33. The Balaban J connectivity index is 1.32. The standard InChI is InChI=1S/C22H20FN3O3S/c23-16-6-8-17(9-7-16)29-20-10-5-15(13-24-20)14-25-21(27)18-3-1-11-26(18)22(28)19-4-2-12-30-19/h2,4-10,12-13,18H,1,3,11,14H2,(H,25,27)/t18-/m0/s1. The van der Waals surface area contributed by atoms with Crippen molar-refractivity contribution in [3.05, 3.63) is 76.4 Å². The Kier molecular flexibility index (Phi) is 6.04. The highest BCUT2D eigenvalue weighted by molar-refractivity contribution is 7.12. The fraction of sp³-hybridized carbons (Fsp3) is 0.227. The Hall–Kier alpha value is -3.26. The molecule has 0 bridgehead atoms. The maximum Gasteiger partial charge on any atom is 0.264 e. The summed E-state index contributed by atoms with van der Waals surface area (Å²) < 4.78 is 18.5. The van der Waals surface area contributed by atoms with E-state index in [9.17, 15) is 14.0 Å². The average Bonchev–Trinajstić information content (AvgIpc) is 3.46. The summed E-state index contributed by atoms with van der Waals surface area (Å²) in [4.78, 5) is 31.8. The van der Waals surface area contributed by atoms with Crippen LogP contribution in [0, 0.1) is 5.82 Å². The number of halogens is 1. The molecule has 3 heterocycles. The third-order valence-electron chi connectivity index (χ3n) is 4.85. The van der Waals surface area contributed by atoms with Gasteiger partial charge in [-0.25, -0.2) is 9.37 Å². The summed E-state index contributed by atoms with van der Waals surface area (Å²) in [6, 6.07) is 12.3. The SMILES string of the molecule is O=C(NCc1ccc(Oc2ccc(F)cc2)nc1)[C@@H]1CCCN1C(=O)c1cccs1. The molecule has 1 aliphatic rings. The minimum Gasteiger partial charge on any atom is -0.439 e. The third-order valence-corrected chi connectivity index (χ3v) is 5.71. The number of hydrogen-bond donors (Lipinski definition) is 1. The molecule has 1 aromatic carbocycles. The van der Waals surface area contributed by atoms with Gasteiger partial charge in [-0.2, -0.15) is 0 Å². The summed E-state index contributed by atoms with van der Waals surface area (Å²) in [5.41, 5.74) is 0.809. The number of aromatic nitrogens is 1. The average molecular weight is 425 g/mol. The lowest BCUT2D eigenvalue weighted by molar-refractivity contribution is -0.125. The molecule has 0 aliphatic carbocycles. The van der Waals surface area contributed by atoms with Crippen LogP contribution in [-0.4, -0.2) is 34.3 Å². The van der Waals surface area contributed by atoms with Gasteiger partial charge in [-0.1, -0.05) is 12.1 Å². The normalized spacial score (nSPS) is 15.8. The Morgan fingerprint density at radius 2 is 2.03 bits per heavy atom. The fourth-order valence-corrected chi connectivity index (χ4v) is 4.01. The first-order valence-corrected chi connectivity index (χ1v) is 10.5. The van der Waals surface area contributed by atoms with Crippen LogP contribution in [0.3, 0.4) is 0 Å². The Bertz CT molecular complexity index is 1010. The van der Waals surface area contributed by atoms with Crippen molar-refractivity contribution in [1.29, 1.82) is 0 Å². The van der Waals surface area contributed by atoms with Crippen molar-refractivity contribution in [2.24, 2.45) is 0 Å². The summed E-state index contributed by atoms with van der Waals surface area (Å²) in [7, 11) is 0. The number of rotatable bonds is 6. The van der Waals surface area contributed by atoms with Crippen LogP contribution in [0.1, 0.15) is 28.1 Å². The van der Waals surface area contributed by atoms with E-state index in [1.165, 1.54) is 35.6 Å². The summed E-state index contributed by atoms with van der Waals surface area (Å²) in [5, 5.41) is 4.75. The maximum atomic E-state index is 13.0. The number of ether oxygens (including phenoxy) is 1. The molecule has 8 heteroatoms. The van der Waals surface area contributed by atoms with Crippen LogP contribution in [0.4, 0.5) is 4.39 Å². The zero-order valence-corrected chi connectivity index (χ0v) is 16.9. The van der Waals surface area contributed by atoms with E-state index in [-0.39, 0.29) is 17.6 Å². The molecular weight excluding hydrogens is 405 g/mol. The molecule has 1 saturated heterocycles. The van der Waals surface area contributed by atoms with Crippen molar-refractivity contribution < 1.29 is 18.7 Å². The van der Waals surface area contributed by atoms with Gasteiger partial charge >= 0.3 is 0 Å². The van der Waals surface area contributed by atoms with Crippen molar-refractivity contribution in [2.75, 3.05) is 6.54 Å². The molecule has 0 radical (unpaired) electrons. The number of carbonyl (C=O) groups excluding carboxylic acids is 2. The number of likely N-dealkylation sites (tertiary alicyclic amines) is 1. The molecule has 30 heavy (non-hydrogen) atoms. The van der Waals surface area contributed by atoms with Gasteiger partial charge in [-0.15, -0.1) is 11.3 Å². The predicted octanol–water partition coefficient (Wildman–Crippen LogP) is 4.00. The molecule has 154 valence electrons. The Morgan fingerprint density at radius 3 is 2.73 bits per heavy atom. The molecule has 4 rings (SSSR count). The maximum absolute atomic E-state index is 13.0. The first-order chi connectivity index (χ1) is 14.6. The Labute approximate surface area is 177 Å². The molecule has 1 atom stereocenters. The minimum atomic E-state index is -0.450. The summed E-state index contributed by atoms with van der Waals surface area (Å²) in [5.74, 6) is 0.275. The molecule has 1 N–H and O–H groups in total. The van der Waals surface area contributed by atoms with Crippen molar-refractivity contribution in [2.45, 2.75) is 25.4 Å². The molecule has 6 nitrogen and oxygen atoms in total. The van der Waals surface area contributed by atoms with E-state index in [2.05, 4.69) is 10.3 Å². The molecule has 2 amide bonds. The molecule has 1 aliphatic heterocycles. The number of nitrogens with one attached hydrogen (secondary N) is 1. The van der Waals surface area contributed by atoms with Crippen LogP contribution < -0.4 is 10.1 Å². The molecule has 2 aromatic heterocycles. The van der Waals surface area contributed by atoms with Gasteiger partial charge < -0.3 is 15.0 Å². The first-order valence-electron chi connectivity index (χ1n) is 9.61. The summed E-state index contributed by atoms with van der Waals surface area (Å²) in [6.45, 7) is 0.895. The highest BCUT2D eigenvalue weighted by Gasteiger charge is 2.34. The zero-order valence-electron chi connectivity index (χ0n) is 16.1. The van der Waals surface area contributed by atoms with E-state index in [4.69, 9.17) is 4.74 Å². The lowest BCUT2D eigenvalue weighted by Gasteiger charge is -2.23. The van der Waals surface area contributed by atoms with E-state index >= 15 is 0 Å². The molecule has 1 fully saturated rings. The minimum absolute atomic E-state index is 0.0911. The van der Waals surface area contributed by atoms with Crippen molar-refractivity contribution in [3.8, 4) is 11.6 Å². The number of pyridine rings is 1. The number of benzene rings is 1. The number of amides is 2. The van der Waals surface area contributed by atoms with Crippen LogP contribution in [0.15, 0.2) is 60.1 Å². The zero-order chi connectivity index (χ0) is 20.9. The van der Waals surface area contributed by atoms with E-state index in [0.29, 0.717) is 36.0 Å². The smallest absolute Gasteiger partial charge is 0.264 e. The number of carbonyl (C=O) groups is 2. The van der Waals surface area contributed by atoms with Gasteiger partial charge in [0.05, 0.1) is 4.88 Å². The highest BCUT2D eigenvalue weighted by atomic mass is 32.1. The van der Waals surface area contributed by atoms with Gasteiger partial charge in [-0.3, -0.25) is 9.59 Å².